The van der Waals surface area contributed by atoms with Gasteiger partial charge in [0.1, 0.15) is 0 Å². The molecule has 0 spiro atoms. The van der Waals surface area contributed by atoms with Gasteiger partial charge in [-0.3, -0.25) is 4.90 Å². The van der Waals surface area contributed by atoms with Crippen LogP contribution in [0, 0.1) is 0 Å². The number of nitrogens with one attached hydrogen (secondary N) is 2. The Labute approximate surface area is 180 Å². The van der Waals surface area contributed by atoms with Crippen molar-refractivity contribution in [2.75, 3.05) is 33.0 Å². The normalized spacial score (nSPS) is 17.4. The quantitative estimate of drug-likeness (QED) is 0.366. The number of hydrogen-bond donors (Lipinski definition) is 2. The molecule has 0 saturated carbocycles. The van der Waals surface area contributed by atoms with E-state index in [9.17, 15) is 0 Å². The highest BCUT2D eigenvalue weighted by Gasteiger charge is 2.27. The lowest BCUT2D eigenvalue weighted by Crippen LogP contribution is -2.54. The van der Waals surface area contributed by atoms with Gasteiger partial charge in [-0.2, -0.15) is 0 Å². The molecule has 0 amide bonds. The Kier molecular flexibility index (Phi) is 8.47. The van der Waals surface area contributed by atoms with E-state index in [0.717, 1.165) is 36.1 Å². The van der Waals surface area contributed by atoms with Crippen molar-refractivity contribution in [1.29, 1.82) is 0 Å². The van der Waals surface area contributed by atoms with Gasteiger partial charge in [-0.1, -0.05) is 12.5 Å². The molecule has 2 heterocycles. The molecule has 7 heteroatoms. The average molecular weight is 488 g/mol. The molecule has 1 aromatic rings. The summed E-state index contributed by atoms with van der Waals surface area (Å²) in [6, 6.07) is 6.00. The van der Waals surface area contributed by atoms with Crippen LogP contribution in [0.1, 0.15) is 45.6 Å². The van der Waals surface area contributed by atoms with Gasteiger partial charge in [-0.15, -0.1) is 24.0 Å². The zero-order chi connectivity index (χ0) is 18.4. The van der Waals surface area contributed by atoms with E-state index in [0.29, 0.717) is 13.3 Å². The van der Waals surface area contributed by atoms with Gasteiger partial charge < -0.3 is 20.1 Å². The summed E-state index contributed by atoms with van der Waals surface area (Å²) in [5.74, 6) is 2.48. The summed E-state index contributed by atoms with van der Waals surface area (Å²) in [5, 5.41) is 6.87. The van der Waals surface area contributed by atoms with Crippen molar-refractivity contribution >= 4 is 29.9 Å². The third kappa shape index (κ3) is 6.14. The van der Waals surface area contributed by atoms with Crippen molar-refractivity contribution in [2.24, 2.45) is 4.99 Å². The number of nitrogens with zero attached hydrogens (tertiary/aromatic N) is 2. The van der Waals surface area contributed by atoms with Gasteiger partial charge in [0.05, 0.1) is 6.54 Å². The van der Waals surface area contributed by atoms with Crippen LogP contribution in [0.15, 0.2) is 23.2 Å². The fourth-order valence-corrected chi connectivity index (χ4v) is 3.46. The highest BCUT2D eigenvalue weighted by Crippen LogP contribution is 2.32. The molecule has 0 aliphatic carbocycles. The third-order valence-electron chi connectivity index (χ3n) is 5.10. The summed E-state index contributed by atoms with van der Waals surface area (Å²) >= 11 is 0. The summed E-state index contributed by atoms with van der Waals surface area (Å²) in [7, 11) is 0. The van der Waals surface area contributed by atoms with Crippen molar-refractivity contribution in [3.63, 3.8) is 0 Å². The van der Waals surface area contributed by atoms with E-state index in [-0.39, 0.29) is 29.5 Å². The standard InChI is InChI=1S/C20H32N4O2.HI/c1-4-21-19(23-14-20(2,3)24-10-6-5-7-11-24)22-13-16-8-9-17-18(12-16)26-15-25-17;/h8-9,12H,4-7,10-11,13-15H2,1-3H3,(H2,21,22,23);1H. The second-order valence-corrected chi connectivity index (χ2v) is 7.60. The van der Waals surface area contributed by atoms with Gasteiger partial charge in [0.15, 0.2) is 17.5 Å². The summed E-state index contributed by atoms with van der Waals surface area (Å²) in [6.07, 6.45) is 3.98. The summed E-state index contributed by atoms with van der Waals surface area (Å²) < 4.78 is 10.8. The van der Waals surface area contributed by atoms with Crippen LogP contribution >= 0.6 is 24.0 Å². The van der Waals surface area contributed by atoms with Gasteiger partial charge in [-0.25, -0.2) is 4.99 Å². The summed E-state index contributed by atoms with van der Waals surface area (Å²) in [4.78, 5) is 7.33. The fourth-order valence-electron chi connectivity index (χ4n) is 3.46. The summed E-state index contributed by atoms with van der Waals surface area (Å²) in [6.45, 7) is 11.7. The number of likely N-dealkylation sites (tertiary alicyclic amines) is 1. The molecule has 1 saturated heterocycles. The Morgan fingerprint density at radius 1 is 1.11 bits per heavy atom. The van der Waals surface area contributed by atoms with E-state index < -0.39 is 0 Å². The SMILES string of the molecule is CCNC(=NCc1ccc2c(c1)OCO2)NCC(C)(C)N1CCCCC1.I. The van der Waals surface area contributed by atoms with Crippen molar-refractivity contribution in [3.8, 4) is 11.5 Å². The largest absolute Gasteiger partial charge is 0.454 e. The number of piperidine rings is 1. The monoisotopic (exact) mass is 488 g/mol. The number of fused-ring (bicyclic) bond motifs is 1. The molecular formula is C20H33IN4O2. The second-order valence-electron chi connectivity index (χ2n) is 7.60. The number of hydrogen-bond acceptors (Lipinski definition) is 4. The van der Waals surface area contributed by atoms with Gasteiger partial charge in [0.25, 0.3) is 0 Å². The van der Waals surface area contributed by atoms with E-state index in [4.69, 9.17) is 14.5 Å². The number of ether oxygens (including phenoxy) is 2. The lowest BCUT2D eigenvalue weighted by molar-refractivity contribution is 0.0982. The number of halogens is 1. The first-order valence-corrected chi connectivity index (χ1v) is 9.74. The van der Waals surface area contributed by atoms with Crippen molar-refractivity contribution in [2.45, 2.75) is 52.1 Å². The number of guanidine groups is 1. The maximum atomic E-state index is 5.45. The fraction of sp³-hybridized carbons (Fsp3) is 0.650. The van der Waals surface area contributed by atoms with Crippen LogP contribution in [-0.2, 0) is 6.54 Å². The highest BCUT2D eigenvalue weighted by atomic mass is 127. The van der Waals surface area contributed by atoms with Gasteiger partial charge in [-0.05, 0) is 64.4 Å². The minimum atomic E-state index is 0. The molecule has 6 nitrogen and oxygen atoms in total. The van der Waals surface area contributed by atoms with Crippen molar-refractivity contribution < 1.29 is 9.47 Å². The lowest BCUT2D eigenvalue weighted by Gasteiger charge is -2.41. The maximum absolute atomic E-state index is 5.45. The third-order valence-corrected chi connectivity index (χ3v) is 5.10. The van der Waals surface area contributed by atoms with Gasteiger partial charge >= 0.3 is 0 Å². The zero-order valence-corrected chi connectivity index (χ0v) is 19.0. The Bertz CT molecular complexity index is 630. The van der Waals surface area contributed by atoms with Crippen LogP contribution in [-0.4, -0.2) is 49.4 Å². The molecule has 0 unspecified atom stereocenters. The molecular weight excluding hydrogens is 455 g/mol. The van der Waals surface area contributed by atoms with Crippen LogP contribution in [0.4, 0.5) is 0 Å². The molecule has 0 radical (unpaired) electrons. The molecule has 0 aromatic heterocycles. The lowest BCUT2D eigenvalue weighted by atomic mass is 9.98. The maximum Gasteiger partial charge on any atom is 0.231 e. The molecule has 2 N–H and O–H groups in total. The smallest absolute Gasteiger partial charge is 0.231 e. The van der Waals surface area contributed by atoms with Crippen LogP contribution in [0.2, 0.25) is 0 Å². The molecule has 3 rings (SSSR count). The first-order chi connectivity index (χ1) is 12.6. The van der Waals surface area contributed by atoms with Crippen LogP contribution < -0.4 is 20.1 Å². The molecule has 2 aliphatic rings. The topological polar surface area (TPSA) is 58.1 Å². The minimum Gasteiger partial charge on any atom is -0.454 e. The van der Waals surface area contributed by atoms with Crippen molar-refractivity contribution in [3.05, 3.63) is 23.8 Å². The van der Waals surface area contributed by atoms with Crippen LogP contribution in [0.3, 0.4) is 0 Å². The number of benzene rings is 1. The van der Waals surface area contributed by atoms with Crippen LogP contribution in [0.25, 0.3) is 0 Å². The first kappa shape index (κ1) is 22.1. The van der Waals surface area contributed by atoms with E-state index in [1.54, 1.807) is 0 Å². The minimum absolute atomic E-state index is 0. The van der Waals surface area contributed by atoms with E-state index in [1.807, 2.05) is 18.2 Å². The first-order valence-electron chi connectivity index (χ1n) is 9.74. The Morgan fingerprint density at radius 2 is 1.85 bits per heavy atom. The van der Waals surface area contributed by atoms with Crippen molar-refractivity contribution in [1.82, 2.24) is 15.5 Å². The Hall–Kier alpha value is -1.22. The van der Waals surface area contributed by atoms with Gasteiger partial charge in [0.2, 0.25) is 6.79 Å². The molecule has 1 fully saturated rings. The van der Waals surface area contributed by atoms with E-state index in [2.05, 4.69) is 36.3 Å². The summed E-state index contributed by atoms with van der Waals surface area (Å²) in [5.41, 5.74) is 1.23. The molecule has 0 atom stereocenters. The number of rotatable bonds is 6. The number of aliphatic imine (C=N–C) groups is 1. The molecule has 152 valence electrons. The molecule has 1 aromatic carbocycles. The van der Waals surface area contributed by atoms with E-state index in [1.165, 1.54) is 32.4 Å². The van der Waals surface area contributed by atoms with Gasteiger partial charge in [0, 0.05) is 18.6 Å². The predicted octanol–water partition coefficient (Wildman–Crippen LogP) is 3.35. The zero-order valence-electron chi connectivity index (χ0n) is 16.7. The second kappa shape index (κ2) is 10.4. The van der Waals surface area contributed by atoms with E-state index >= 15 is 0 Å². The molecule has 0 bridgehead atoms. The Balaban J connectivity index is 0.00000261. The van der Waals surface area contributed by atoms with Crippen LogP contribution in [0.5, 0.6) is 11.5 Å². The average Bonchev–Trinajstić information content (AvgIpc) is 3.12. The predicted molar refractivity (Wildman–Crippen MR) is 120 cm³/mol. The highest BCUT2D eigenvalue weighted by molar-refractivity contribution is 14.0. The molecule has 27 heavy (non-hydrogen) atoms. The molecule has 2 aliphatic heterocycles. The Morgan fingerprint density at radius 3 is 2.59 bits per heavy atom.